The topological polar surface area (TPSA) is 66.9 Å². The Bertz CT molecular complexity index is 802. The molecule has 0 aliphatic carbocycles. The van der Waals surface area contributed by atoms with Gasteiger partial charge < -0.3 is 4.84 Å². The molecule has 2 aliphatic heterocycles. The van der Waals surface area contributed by atoms with E-state index in [-0.39, 0.29) is 17.7 Å². The van der Waals surface area contributed by atoms with Crippen LogP contribution in [-0.4, -0.2) is 34.3 Å². The highest BCUT2D eigenvalue weighted by molar-refractivity contribution is 6.20. The maximum absolute atomic E-state index is 12.2. The van der Waals surface area contributed by atoms with Crippen LogP contribution in [0.5, 0.6) is 0 Å². The van der Waals surface area contributed by atoms with Crippen molar-refractivity contribution in [2.45, 2.75) is 13.1 Å². The lowest BCUT2D eigenvalue weighted by molar-refractivity contribution is -0.169. The number of fused-ring (bicyclic) bond motifs is 2. The largest absolute Gasteiger partial charge is 0.347 e. The van der Waals surface area contributed by atoms with Crippen LogP contribution in [0.2, 0.25) is 0 Å². The second-order valence-corrected chi connectivity index (χ2v) is 5.83. The van der Waals surface area contributed by atoms with Crippen molar-refractivity contribution >= 4 is 17.8 Å². The monoisotopic (exact) mass is 322 g/mol. The second-order valence-electron chi connectivity index (χ2n) is 5.83. The normalized spacial score (nSPS) is 16.2. The van der Waals surface area contributed by atoms with E-state index in [2.05, 4.69) is 0 Å². The summed E-state index contributed by atoms with van der Waals surface area (Å²) in [5.74, 6) is -1.83. The molecule has 0 N–H and O–H groups in total. The standard InChI is InChI=1S/C18H14N2O4/c21-16(11-19-9-12-5-1-2-6-13(12)10-19)24-20-17(22)14-7-3-4-8-15(14)18(20)23/h1-8H,9-11H2. The van der Waals surface area contributed by atoms with Gasteiger partial charge in [0.15, 0.2) is 0 Å². The van der Waals surface area contributed by atoms with Gasteiger partial charge in [0, 0.05) is 13.1 Å². The van der Waals surface area contributed by atoms with Crippen LogP contribution in [0, 0.1) is 0 Å². The van der Waals surface area contributed by atoms with Crippen LogP contribution in [-0.2, 0) is 22.7 Å². The molecule has 0 bridgehead atoms. The molecule has 2 heterocycles. The van der Waals surface area contributed by atoms with Crippen molar-refractivity contribution in [3.8, 4) is 0 Å². The number of hydrogen-bond acceptors (Lipinski definition) is 5. The maximum atomic E-state index is 12.2. The minimum absolute atomic E-state index is 0.0160. The Morgan fingerprint density at radius 2 is 1.38 bits per heavy atom. The summed E-state index contributed by atoms with van der Waals surface area (Å²) < 4.78 is 0. The molecule has 4 rings (SSSR count). The quantitative estimate of drug-likeness (QED) is 0.806. The first-order valence-corrected chi connectivity index (χ1v) is 7.61. The lowest BCUT2D eigenvalue weighted by atomic mass is 10.1. The number of nitrogens with zero attached hydrogens (tertiary/aromatic N) is 2. The highest BCUT2D eigenvalue weighted by atomic mass is 16.7. The van der Waals surface area contributed by atoms with Crippen LogP contribution < -0.4 is 0 Å². The summed E-state index contributed by atoms with van der Waals surface area (Å²) in [6.45, 7) is 1.31. The summed E-state index contributed by atoms with van der Waals surface area (Å²) in [5, 5.41) is 0.552. The third-order valence-electron chi connectivity index (χ3n) is 4.21. The fourth-order valence-electron chi connectivity index (χ4n) is 3.08. The average Bonchev–Trinajstić information content (AvgIpc) is 3.09. The van der Waals surface area contributed by atoms with Crippen LogP contribution in [0.3, 0.4) is 0 Å². The molecule has 0 saturated heterocycles. The van der Waals surface area contributed by atoms with Gasteiger partial charge in [0.05, 0.1) is 11.1 Å². The van der Waals surface area contributed by atoms with E-state index in [1.807, 2.05) is 29.2 Å². The van der Waals surface area contributed by atoms with Gasteiger partial charge in [-0.05, 0) is 23.3 Å². The number of benzene rings is 2. The number of rotatable bonds is 3. The molecule has 2 aromatic rings. The molecule has 2 aliphatic rings. The summed E-state index contributed by atoms with van der Waals surface area (Å²) in [6.07, 6.45) is 0. The van der Waals surface area contributed by atoms with E-state index in [1.165, 1.54) is 11.1 Å². The van der Waals surface area contributed by atoms with Gasteiger partial charge in [-0.15, -0.1) is 0 Å². The molecular formula is C18H14N2O4. The lowest BCUT2D eigenvalue weighted by Crippen LogP contribution is -2.36. The minimum Gasteiger partial charge on any atom is -0.328 e. The Morgan fingerprint density at radius 3 is 1.92 bits per heavy atom. The Balaban J connectivity index is 1.41. The highest BCUT2D eigenvalue weighted by Gasteiger charge is 2.38. The van der Waals surface area contributed by atoms with Crippen LogP contribution in [0.1, 0.15) is 31.8 Å². The molecular weight excluding hydrogens is 308 g/mol. The van der Waals surface area contributed by atoms with Gasteiger partial charge in [0.2, 0.25) is 0 Å². The van der Waals surface area contributed by atoms with Crippen molar-refractivity contribution in [3.63, 3.8) is 0 Å². The van der Waals surface area contributed by atoms with Crippen molar-refractivity contribution in [2.75, 3.05) is 6.54 Å². The van der Waals surface area contributed by atoms with Crippen molar-refractivity contribution in [1.82, 2.24) is 9.96 Å². The Morgan fingerprint density at radius 1 is 0.875 bits per heavy atom. The van der Waals surface area contributed by atoms with Gasteiger partial charge in [0.25, 0.3) is 11.8 Å². The van der Waals surface area contributed by atoms with Gasteiger partial charge in [-0.2, -0.15) is 0 Å². The minimum atomic E-state index is -0.627. The van der Waals surface area contributed by atoms with Crippen LogP contribution in [0.4, 0.5) is 0 Å². The first-order chi connectivity index (χ1) is 11.6. The van der Waals surface area contributed by atoms with Crippen molar-refractivity contribution in [2.24, 2.45) is 0 Å². The van der Waals surface area contributed by atoms with E-state index >= 15 is 0 Å². The lowest BCUT2D eigenvalue weighted by Gasteiger charge is -2.17. The SMILES string of the molecule is O=C(CN1Cc2ccccc2C1)ON1C(=O)c2ccccc2C1=O. The zero-order valence-corrected chi connectivity index (χ0v) is 12.8. The molecule has 0 atom stereocenters. The molecule has 2 aromatic carbocycles. The first kappa shape index (κ1) is 14.6. The Hall–Kier alpha value is -2.99. The zero-order valence-electron chi connectivity index (χ0n) is 12.8. The average molecular weight is 322 g/mol. The molecule has 24 heavy (non-hydrogen) atoms. The number of imide groups is 1. The van der Waals surface area contributed by atoms with Gasteiger partial charge in [0.1, 0.15) is 6.54 Å². The molecule has 120 valence electrons. The van der Waals surface area contributed by atoms with Gasteiger partial charge >= 0.3 is 5.97 Å². The second kappa shape index (κ2) is 5.58. The third kappa shape index (κ3) is 2.37. The smallest absolute Gasteiger partial charge is 0.328 e. The van der Waals surface area contributed by atoms with E-state index in [0.717, 1.165) is 0 Å². The highest BCUT2D eigenvalue weighted by Crippen LogP contribution is 2.24. The number of hydrogen-bond donors (Lipinski definition) is 0. The summed E-state index contributed by atoms with van der Waals surface area (Å²) in [6, 6.07) is 14.4. The predicted molar refractivity (Wildman–Crippen MR) is 83.6 cm³/mol. The molecule has 2 amide bonds. The molecule has 0 aromatic heterocycles. The number of carbonyl (C=O) groups is 3. The van der Waals surface area contributed by atoms with Gasteiger partial charge in [-0.1, -0.05) is 41.5 Å². The van der Waals surface area contributed by atoms with Crippen LogP contribution in [0.15, 0.2) is 48.5 Å². The molecule has 0 fully saturated rings. The fourth-order valence-corrected chi connectivity index (χ4v) is 3.08. The van der Waals surface area contributed by atoms with Gasteiger partial charge in [-0.3, -0.25) is 14.5 Å². The predicted octanol–water partition coefficient (Wildman–Crippen LogP) is 1.76. The summed E-state index contributed by atoms with van der Waals surface area (Å²) in [5.41, 5.74) is 2.85. The van der Waals surface area contributed by atoms with Crippen molar-refractivity contribution < 1.29 is 19.2 Å². The van der Waals surface area contributed by atoms with E-state index < -0.39 is 17.8 Å². The molecule has 0 saturated carbocycles. The fraction of sp³-hybridized carbons (Fsp3) is 0.167. The molecule has 0 unspecified atom stereocenters. The summed E-state index contributed by atoms with van der Waals surface area (Å²) in [4.78, 5) is 43.4. The number of carbonyl (C=O) groups excluding carboxylic acids is 3. The molecule has 6 nitrogen and oxygen atoms in total. The molecule has 0 radical (unpaired) electrons. The van der Waals surface area contributed by atoms with E-state index in [0.29, 0.717) is 18.2 Å². The molecule has 6 heteroatoms. The van der Waals surface area contributed by atoms with E-state index in [4.69, 9.17) is 4.84 Å². The molecule has 0 spiro atoms. The third-order valence-corrected chi connectivity index (χ3v) is 4.21. The van der Waals surface area contributed by atoms with Crippen molar-refractivity contribution in [3.05, 3.63) is 70.8 Å². The van der Waals surface area contributed by atoms with Crippen LogP contribution >= 0.6 is 0 Å². The maximum Gasteiger partial charge on any atom is 0.347 e. The number of amides is 2. The first-order valence-electron chi connectivity index (χ1n) is 7.61. The summed E-state index contributed by atoms with van der Waals surface area (Å²) in [7, 11) is 0. The van der Waals surface area contributed by atoms with Crippen LogP contribution in [0.25, 0.3) is 0 Å². The van der Waals surface area contributed by atoms with E-state index in [9.17, 15) is 14.4 Å². The van der Waals surface area contributed by atoms with Crippen molar-refractivity contribution in [1.29, 1.82) is 0 Å². The van der Waals surface area contributed by atoms with Gasteiger partial charge in [-0.25, -0.2) is 4.79 Å². The Labute approximate surface area is 138 Å². The van der Waals surface area contributed by atoms with E-state index in [1.54, 1.807) is 24.3 Å². The Kier molecular flexibility index (Phi) is 3.39. The zero-order chi connectivity index (χ0) is 16.7. The number of hydroxylamine groups is 2. The summed E-state index contributed by atoms with van der Waals surface area (Å²) >= 11 is 0.